The lowest BCUT2D eigenvalue weighted by Gasteiger charge is -2.28. The highest BCUT2D eigenvalue weighted by Gasteiger charge is 2.33. The first-order valence-corrected chi connectivity index (χ1v) is 6.70. The molecule has 0 N–H and O–H groups in total. The molecule has 98 valence electrons. The van der Waals surface area contributed by atoms with Gasteiger partial charge >= 0.3 is 0 Å². The summed E-state index contributed by atoms with van der Waals surface area (Å²) in [5.74, 6) is 0.180. The normalized spacial score (nSPS) is 17.3. The number of rotatable bonds is 1. The van der Waals surface area contributed by atoms with Crippen LogP contribution in [0.4, 0.5) is 0 Å². The summed E-state index contributed by atoms with van der Waals surface area (Å²) in [7, 11) is 0. The molecule has 0 spiro atoms. The van der Waals surface area contributed by atoms with Crippen LogP contribution in [-0.2, 0) is 6.42 Å². The van der Waals surface area contributed by atoms with E-state index in [1.165, 1.54) is 0 Å². The molecule has 2 aromatic rings. The summed E-state index contributed by atoms with van der Waals surface area (Å²) >= 11 is 6.02. The molecular weight excluding hydrogens is 260 g/mol. The summed E-state index contributed by atoms with van der Waals surface area (Å²) in [5.41, 5.74) is 2.63. The Labute approximate surface area is 117 Å². The van der Waals surface area contributed by atoms with Gasteiger partial charge in [0.15, 0.2) is 5.78 Å². The Morgan fingerprint density at radius 1 is 1.32 bits per heavy atom. The van der Waals surface area contributed by atoms with Gasteiger partial charge in [0.25, 0.3) is 0 Å². The minimum absolute atomic E-state index is 0.0135. The first-order chi connectivity index (χ1) is 8.96. The molecule has 3 nitrogen and oxygen atoms in total. The van der Waals surface area contributed by atoms with Gasteiger partial charge in [0, 0.05) is 11.4 Å². The average molecular weight is 275 g/mol. The molecule has 0 radical (unpaired) electrons. The molecule has 0 saturated heterocycles. The van der Waals surface area contributed by atoms with Crippen LogP contribution in [0.3, 0.4) is 0 Å². The van der Waals surface area contributed by atoms with Crippen molar-refractivity contribution in [2.24, 2.45) is 5.41 Å². The quantitative estimate of drug-likeness (QED) is 0.795. The van der Waals surface area contributed by atoms with E-state index in [4.69, 9.17) is 11.6 Å². The summed E-state index contributed by atoms with van der Waals surface area (Å²) in [6.07, 6.45) is 3.11. The number of fused-ring (bicyclic) bond motifs is 1. The van der Waals surface area contributed by atoms with Gasteiger partial charge in [-0.2, -0.15) is 5.10 Å². The van der Waals surface area contributed by atoms with E-state index < -0.39 is 0 Å². The second-order valence-corrected chi connectivity index (χ2v) is 6.27. The minimum atomic E-state index is -0.0135. The predicted octanol–water partition coefficient (Wildman–Crippen LogP) is 3.68. The lowest BCUT2D eigenvalue weighted by molar-refractivity contribution is 0.0911. The third kappa shape index (κ3) is 2.19. The van der Waals surface area contributed by atoms with Gasteiger partial charge in [-0.05, 0) is 30.0 Å². The van der Waals surface area contributed by atoms with Gasteiger partial charge < -0.3 is 0 Å². The number of hydrogen-bond acceptors (Lipinski definition) is 2. The maximum absolute atomic E-state index is 12.1. The molecule has 1 aliphatic carbocycles. The third-order valence-electron chi connectivity index (χ3n) is 3.51. The van der Waals surface area contributed by atoms with Crippen molar-refractivity contribution in [3.05, 3.63) is 46.7 Å². The number of carbonyl (C=O) groups excluding carboxylic acids is 1. The highest BCUT2D eigenvalue weighted by Crippen LogP contribution is 2.35. The molecule has 1 aromatic carbocycles. The SMILES string of the molecule is CC1(C)CC(=O)c2cnn(-c3cccc(Cl)c3)c2C1. The van der Waals surface area contributed by atoms with Crippen molar-refractivity contribution >= 4 is 17.4 Å². The highest BCUT2D eigenvalue weighted by atomic mass is 35.5. The Kier molecular flexibility index (Phi) is 2.75. The largest absolute Gasteiger partial charge is 0.294 e. The highest BCUT2D eigenvalue weighted by molar-refractivity contribution is 6.30. The van der Waals surface area contributed by atoms with Crippen LogP contribution < -0.4 is 0 Å². The fourth-order valence-electron chi connectivity index (χ4n) is 2.65. The van der Waals surface area contributed by atoms with Crippen molar-refractivity contribution in [3.8, 4) is 5.69 Å². The van der Waals surface area contributed by atoms with Crippen LogP contribution in [0.5, 0.6) is 0 Å². The first kappa shape index (κ1) is 12.4. The zero-order valence-electron chi connectivity index (χ0n) is 11.0. The molecule has 0 fully saturated rings. The number of benzene rings is 1. The lowest BCUT2D eigenvalue weighted by Crippen LogP contribution is -2.27. The first-order valence-electron chi connectivity index (χ1n) is 6.32. The van der Waals surface area contributed by atoms with Crippen LogP contribution in [0.25, 0.3) is 5.69 Å². The van der Waals surface area contributed by atoms with E-state index in [0.717, 1.165) is 23.4 Å². The molecule has 1 aromatic heterocycles. The number of ketones is 1. The van der Waals surface area contributed by atoms with Gasteiger partial charge in [-0.3, -0.25) is 4.79 Å². The van der Waals surface area contributed by atoms with Crippen molar-refractivity contribution < 1.29 is 4.79 Å². The van der Waals surface area contributed by atoms with E-state index in [9.17, 15) is 4.79 Å². The second kappa shape index (κ2) is 4.20. The molecule has 4 heteroatoms. The molecule has 0 saturated carbocycles. The monoisotopic (exact) mass is 274 g/mol. The van der Waals surface area contributed by atoms with E-state index in [1.54, 1.807) is 6.20 Å². The smallest absolute Gasteiger partial charge is 0.166 e. The number of carbonyl (C=O) groups is 1. The Bertz CT molecular complexity index is 658. The molecule has 0 atom stereocenters. The standard InChI is InChI=1S/C15H15ClN2O/c1-15(2)7-13-12(14(19)8-15)9-17-18(13)11-5-3-4-10(16)6-11/h3-6,9H,7-8H2,1-2H3. The molecule has 3 rings (SSSR count). The van der Waals surface area contributed by atoms with E-state index in [-0.39, 0.29) is 11.2 Å². The molecule has 0 bridgehead atoms. The average Bonchev–Trinajstić information content (AvgIpc) is 2.71. The van der Waals surface area contributed by atoms with E-state index in [1.807, 2.05) is 28.9 Å². The van der Waals surface area contributed by atoms with Gasteiger partial charge in [0.2, 0.25) is 0 Å². The lowest BCUT2D eigenvalue weighted by atomic mass is 9.76. The molecule has 1 heterocycles. The van der Waals surface area contributed by atoms with Crippen LogP contribution in [0.2, 0.25) is 5.02 Å². The number of aromatic nitrogens is 2. The second-order valence-electron chi connectivity index (χ2n) is 5.84. The molecule has 0 aliphatic heterocycles. The van der Waals surface area contributed by atoms with Crippen molar-refractivity contribution in [2.75, 3.05) is 0 Å². The summed E-state index contributed by atoms with van der Waals surface area (Å²) in [4.78, 5) is 12.1. The zero-order chi connectivity index (χ0) is 13.6. The van der Waals surface area contributed by atoms with Gasteiger partial charge in [-0.1, -0.05) is 31.5 Å². The minimum Gasteiger partial charge on any atom is -0.294 e. The molecule has 19 heavy (non-hydrogen) atoms. The van der Waals surface area contributed by atoms with Crippen LogP contribution in [-0.4, -0.2) is 15.6 Å². The van der Waals surface area contributed by atoms with Gasteiger partial charge in [-0.25, -0.2) is 4.68 Å². The number of hydrogen-bond donors (Lipinski definition) is 0. The summed E-state index contributed by atoms with van der Waals surface area (Å²) in [6.45, 7) is 4.23. The van der Waals surface area contributed by atoms with Crippen molar-refractivity contribution in [2.45, 2.75) is 26.7 Å². The van der Waals surface area contributed by atoms with Crippen molar-refractivity contribution in [1.82, 2.24) is 9.78 Å². The van der Waals surface area contributed by atoms with Crippen LogP contribution in [0.15, 0.2) is 30.5 Å². The zero-order valence-corrected chi connectivity index (χ0v) is 11.7. The topological polar surface area (TPSA) is 34.9 Å². The van der Waals surface area contributed by atoms with E-state index >= 15 is 0 Å². The van der Waals surface area contributed by atoms with Gasteiger partial charge in [0.1, 0.15) is 0 Å². The summed E-state index contributed by atoms with van der Waals surface area (Å²) < 4.78 is 1.83. The van der Waals surface area contributed by atoms with Crippen LogP contribution >= 0.6 is 11.6 Å². The predicted molar refractivity (Wildman–Crippen MR) is 75.0 cm³/mol. The molecule has 0 amide bonds. The molecule has 0 unspecified atom stereocenters. The third-order valence-corrected chi connectivity index (χ3v) is 3.74. The van der Waals surface area contributed by atoms with Gasteiger partial charge in [-0.15, -0.1) is 0 Å². The maximum atomic E-state index is 12.1. The Balaban J connectivity index is 2.14. The van der Waals surface area contributed by atoms with Crippen molar-refractivity contribution in [1.29, 1.82) is 0 Å². The van der Waals surface area contributed by atoms with Gasteiger partial charge in [0.05, 0.1) is 23.1 Å². The molecular formula is C15H15ClN2O. The number of halogens is 1. The van der Waals surface area contributed by atoms with E-state index in [2.05, 4.69) is 18.9 Å². The maximum Gasteiger partial charge on any atom is 0.166 e. The fourth-order valence-corrected chi connectivity index (χ4v) is 2.84. The summed E-state index contributed by atoms with van der Waals surface area (Å²) in [6, 6.07) is 7.53. The van der Waals surface area contributed by atoms with Crippen LogP contribution in [0.1, 0.15) is 36.3 Å². The number of nitrogens with zero attached hydrogens (tertiary/aromatic N) is 2. The van der Waals surface area contributed by atoms with E-state index in [0.29, 0.717) is 11.4 Å². The summed E-state index contributed by atoms with van der Waals surface area (Å²) in [5, 5.41) is 5.03. The van der Waals surface area contributed by atoms with Crippen LogP contribution in [0, 0.1) is 5.41 Å². The Morgan fingerprint density at radius 3 is 2.84 bits per heavy atom. The molecule has 1 aliphatic rings. The number of Topliss-reactive ketones (excluding diaryl/α,β-unsaturated/α-hetero) is 1. The Morgan fingerprint density at radius 2 is 2.11 bits per heavy atom. The Hall–Kier alpha value is -1.61. The van der Waals surface area contributed by atoms with Crippen molar-refractivity contribution in [3.63, 3.8) is 0 Å². The fraction of sp³-hybridized carbons (Fsp3) is 0.333.